The highest BCUT2D eigenvalue weighted by Crippen LogP contribution is 2.02. The molecular weight excluding hydrogens is 208 g/mol. The molecule has 0 saturated carbocycles. The number of aliphatic hydroxyl groups is 2. The monoisotopic (exact) mass is 224 g/mol. The number of nitrogens with one attached hydrogen (secondary N) is 1. The van der Waals surface area contributed by atoms with Crippen LogP contribution in [0.2, 0.25) is 0 Å². The largest absolute Gasteiger partial charge is 0.394 e. The van der Waals surface area contributed by atoms with Gasteiger partial charge in [-0.05, 0) is 19.1 Å². The van der Waals surface area contributed by atoms with Crippen LogP contribution in [-0.2, 0) is 11.2 Å². The maximum atomic E-state index is 11.6. The predicted octanol–water partition coefficient (Wildman–Crippen LogP) is -0.516. The first-order valence-corrected chi connectivity index (χ1v) is 5.02. The van der Waals surface area contributed by atoms with E-state index < -0.39 is 5.54 Å². The number of nitrogens with zero attached hydrogens (tertiary/aromatic N) is 1. The van der Waals surface area contributed by atoms with Crippen molar-refractivity contribution >= 4 is 5.91 Å². The number of amides is 1. The fourth-order valence-corrected chi connectivity index (χ4v) is 1.18. The third-order valence-electron chi connectivity index (χ3n) is 2.21. The summed E-state index contributed by atoms with van der Waals surface area (Å²) in [6, 6.07) is 5.31. The van der Waals surface area contributed by atoms with Crippen LogP contribution in [0, 0.1) is 0 Å². The van der Waals surface area contributed by atoms with Gasteiger partial charge in [0.1, 0.15) is 0 Å². The summed E-state index contributed by atoms with van der Waals surface area (Å²) in [6.07, 6.45) is 1.75. The van der Waals surface area contributed by atoms with Crippen LogP contribution >= 0.6 is 0 Å². The van der Waals surface area contributed by atoms with Crippen LogP contribution in [0.4, 0.5) is 0 Å². The molecule has 1 heterocycles. The van der Waals surface area contributed by atoms with E-state index in [9.17, 15) is 4.79 Å². The average molecular weight is 224 g/mol. The van der Waals surface area contributed by atoms with Gasteiger partial charge in [-0.25, -0.2) is 0 Å². The van der Waals surface area contributed by atoms with Crippen molar-refractivity contribution in [3.05, 3.63) is 30.1 Å². The molecular formula is C11H16N2O3. The molecule has 0 aromatic carbocycles. The van der Waals surface area contributed by atoms with Crippen molar-refractivity contribution in [2.45, 2.75) is 18.9 Å². The molecule has 88 valence electrons. The number of aromatic nitrogens is 1. The van der Waals surface area contributed by atoms with Gasteiger partial charge in [-0.15, -0.1) is 0 Å². The minimum Gasteiger partial charge on any atom is -0.394 e. The lowest BCUT2D eigenvalue weighted by Gasteiger charge is -2.26. The molecule has 0 spiro atoms. The van der Waals surface area contributed by atoms with Crippen molar-refractivity contribution in [3.8, 4) is 0 Å². The van der Waals surface area contributed by atoms with E-state index in [-0.39, 0.29) is 25.5 Å². The Labute approximate surface area is 94.1 Å². The van der Waals surface area contributed by atoms with E-state index in [0.717, 1.165) is 0 Å². The summed E-state index contributed by atoms with van der Waals surface area (Å²) in [4.78, 5) is 15.6. The Kier molecular flexibility index (Phi) is 4.39. The zero-order valence-corrected chi connectivity index (χ0v) is 9.18. The molecule has 0 atom stereocenters. The number of carbonyl (C=O) groups excluding carboxylic acids is 1. The summed E-state index contributed by atoms with van der Waals surface area (Å²) in [6.45, 7) is 0.957. The van der Waals surface area contributed by atoms with Gasteiger partial charge >= 0.3 is 0 Å². The normalized spacial score (nSPS) is 11.2. The first-order valence-electron chi connectivity index (χ1n) is 5.02. The van der Waals surface area contributed by atoms with Gasteiger partial charge in [-0.3, -0.25) is 9.78 Å². The second kappa shape index (κ2) is 5.58. The lowest BCUT2D eigenvalue weighted by Crippen LogP contribution is -2.52. The molecule has 0 unspecified atom stereocenters. The van der Waals surface area contributed by atoms with Gasteiger partial charge in [-0.2, -0.15) is 0 Å². The first-order chi connectivity index (χ1) is 7.59. The molecule has 3 N–H and O–H groups in total. The third kappa shape index (κ3) is 3.60. The topological polar surface area (TPSA) is 82.5 Å². The quantitative estimate of drug-likeness (QED) is 0.628. The van der Waals surface area contributed by atoms with Crippen molar-refractivity contribution in [2.24, 2.45) is 0 Å². The minimum atomic E-state index is -0.980. The van der Waals surface area contributed by atoms with E-state index in [4.69, 9.17) is 10.2 Å². The predicted molar refractivity (Wildman–Crippen MR) is 58.7 cm³/mol. The third-order valence-corrected chi connectivity index (χ3v) is 2.21. The molecule has 1 amide bonds. The van der Waals surface area contributed by atoms with Crippen LogP contribution in [0.1, 0.15) is 12.6 Å². The summed E-state index contributed by atoms with van der Waals surface area (Å²) >= 11 is 0. The van der Waals surface area contributed by atoms with Crippen LogP contribution in [0.15, 0.2) is 24.4 Å². The van der Waals surface area contributed by atoms with E-state index in [2.05, 4.69) is 10.3 Å². The number of hydrogen-bond acceptors (Lipinski definition) is 4. The summed E-state index contributed by atoms with van der Waals surface area (Å²) in [7, 11) is 0. The molecule has 1 aromatic rings. The van der Waals surface area contributed by atoms with Crippen molar-refractivity contribution < 1.29 is 15.0 Å². The molecule has 0 aliphatic heterocycles. The number of aliphatic hydroxyl groups excluding tert-OH is 2. The first kappa shape index (κ1) is 12.6. The highest BCUT2D eigenvalue weighted by Gasteiger charge is 2.24. The lowest BCUT2D eigenvalue weighted by atomic mass is 10.1. The number of hydrogen-bond donors (Lipinski definition) is 3. The summed E-state index contributed by atoms with van der Waals surface area (Å²) in [5, 5.41) is 20.6. The van der Waals surface area contributed by atoms with Gasteiger partial charge in [0.25, 0.3) is 0 Å². The van der Waals surface area contributed by atoms with Crippen LogP contribution < -0.4 is 5.32 Å². The van der Waals surface area contributed by atoms with Crippen LogP contribution in [0.5, 0.6) is 0 Å². The molecule has 0 bridgehead atoms. The molecule has 1 aromatic heterocycles. The second-order valence-electron chi connectivity index (χ2n) is 3.92. The standard InChI is InChI=1S/C11H16N2O3/c1-11(7-14,8-15)13-10(16)6-9-4-2-3-5-12-9/h2-5,14-15H,6-8H2,1H3,(H,13,16). The molecule has 1 rings (SSSR count). The van der Waals surface area contributed by atoms with E-state index >= 15 is 0 Å². The number of carbonyl (C=O) groups is 1. The molecule has 0 aliphatic carbocycles. The maximum absolute atomic E-state index is 11.6. The zero-order valence-electron chi connectivity index (χ0n) is 9.18. The van der Waals surface area contributed by atoms with Gasteiger partial charge in [0, 0.05) is 11.9 Å². The molecule has 5 nitrogen and oxygen atoms in total. The highest BCUT2D eigenvalue weighted by molar-refractivity contribution is 5.78. The van der Waals surface area contributed by atoms with E-state index in [1.807, 2.05) is 0 Å². The van der Waals surface area contributed by atoms with Gasteiger partial charge < -0.3 is 15.5 Å². The minimum absolute atomic E-state index is 0.135. The van der Waals surface area contributed by atoms with E-state index in [1.54, 1.807) is 31.3 Å². The van der Waals surface area contributed by atoms with Crippen LogP contribution in [0.3, 0.4) is 0 Å². The highest BCUT2D eigenvalue weighted by atomic mass is 16.3. The Hall–Kier alpha value is -1.46. The Morgan fingerprint density at radius 3 is 2.62 bits per heavy atom. The number of rotatable bonds is 5. The lowest BCUT2D eigenvalue weighted by molar-refractivity contribution is -0.123. The van der Waals surface area contributed by atoms with Crippen molar-refractivity contribution in [1.29, 1.82) is 0 Å². The Bertz CT molecular complexity index is 336. The van der Waals surface area contributed by atoms with Gasteiger partial charge in [-0.1, -0.05) is 6.07 Å². The van der Waals surface area contributed by atoms with Gasteiger partial charge in [0.2, 0.25) is 5.91 Å². The molecule has 0 saturated heterocycles. The number of pyridine rings is 1. The Morgan fingerprint density at radius 2 is 2.12 bits per heavy atom. The molecule has 16 heavy (non-hydrogen) atoms. The smallest absolute Gasteiger partial charge is 0.226 e. The molecule has 0 aliphatic rings. The fourth-order valence-electron chi connectivity index (χ4n) is 1.18. The van der Waals surface area contributed by atoms with Crippen molar-refractivity contribution in [2.75, 3.05) is 13.2 Å². The van der Waals surface area contributed by atoms with Crippen molar-refractivity contribution in [1.82, 2.24) is 10.3 Å². The van der Waals surface area contributed by atoms with Crippen LogP contribution in [0.25, 0.3) is 0 Å². The summed E-state index contributed by atoms with van der Waals surface area (Å²) in [5.74, 6) is -0.274. The van der Waals surface area contributed by atoms with E-state index in [0.29, 0.717) is 5.69 Å². The molecule has 0 radical (unpaired) electrons. The second-order valence-corrected chi connectivity index (χ2v) is 3.92. The van der Waals surface area contributed by atoms with E-state index in [1.165, 1.54) is 0 Å². The van der Waals surface area contributed by atoms with Gasteiger partial charge in [0.15, 0.2) is 0 Å². The summed E-state index contributed by atoms with van der Waals surface area (Å²) in [5.41, 5.74) is -0.329. The molecule has 0 fully saturated rings. The Morgan fingerprint density at radius 1 is 1.44 bits per heavy atom. The fraction of sp³-hybridized carbons (Fsp3) is 0.455. The average Bonchev–Trinajstić information content (AvgIpc) is 2.30. The summed E-state index contributed by atoms with van der Waals surface area (Å²) < 4.78 is 0. The van der Waals surface area contributed by atoms with Gasteiger partial charge in [0.05, 0.1) is 25.2 Å². The SMILES string of the molecule is CC(CO)(CO)NC(=O)Cc1ccccn1. The van der Waals surface area contributed by atoms with Crippen molar-refractivity contribution in [3.63, 3.8) is 0 Å². The van der Waals surface area contributed by atoms with Crippen LogP contribution in [-0.4, -0.2) is 39.9 Å². The zero-order chi connectivity index (χ0) is 12.0. The molecule has 5 heteroatoms. The maximum Gasteiger partial charge on any atom is 0.226 e. The Balaban J connectivity index is 2.54.